The van der Waals surface area contributed by atoms with Gasteiger partial charge < -0.3 is 4.57 Å². The molecular formula is C20H22N4OS. The Hall–Kier alpha value is -2.47. The molecule has 2 heterocycles. The number of hydrogen-bond acceptors (Lipinski definition) is 5. The van der Waals surface area contributed by atoms with Crippen LogP contribution in [0.1, 0.15) is 44.9 Å². The average Bonchev–Trinajstić information content (AvgIpc) is 3.02. The molecule has 1 atom stereocenters. The maximum atomic E-state index is 12.6. The Balaban J connectivity index is 1.73. The summed E-state index contributed by atoms with van der Waals surface area (Å²) in [5.41, 5.74) is 4.87. The SMILES string of the molecule is Cc1cnc(C(=O)Cc2cccc([C@H](C)Sc3nncn3C)c2)cc1C. The number of nitrogens with zero attached hydrogens (tertiary/aromatic N) is 4. The van der Waals surface area contributed by atoms with Crippen LogP contribution in [0.3, 0.4) is 0 Å². The first-order valence-electron chi connectivity index (χ1n) is 8.50. The predicted molar refractivity (Wildman–Crippen MR) is 103 cm³/mol. The molecule has 0 radical (unpaired) electrons. The number of pyridine rings is 1. The molecule has 0 unspecified atom stereocenters. The summed E-state index contributed by atoms with van der Waals surface area (Å²) in [5, 5.41) is 9.12. The zero-order valence-electron chi connectivity index (χ0n) is 15.4. The first kappa shape index (κ1) is 18.3. The van der Waals surface area contributed by atoms with Gasteiger partial charge in [0.15, 0.2) is 10.9 Å². The van der Waals surface area contributed by atoms with Crippen molar-refractivity contribution in [3.05, 3.63) is 70.8 Å². The number of carbonyl (C=O) groups excluding carboxylic acids is 1. The Morgan fingerprint density at radius 3 is 2.73 bits per heavy atom. The highest BCUT2D eigenvalue weighted by Crippen LogP contribution is 2.33. The normalized spacial score (nSPS) is 12.2. The van der Waals surface area contributed by atoms with E-state index < -0.39 is 0 Å². The molecule has 0 spiro atoms. The summed E-state index contributed by atoms with van der Waals surface area (Å²) in [7, 11) is 1.93. The predicted octanol–water partition coefficient (Wildman–Crippen LogP) is 4.11. The highest BCUT2D eigenvalue weighted by Gasteiger charge is 2.14. The van der Waals surface area contributed by atoms with E-state index in [1.807, 2.05) is 43.7 Å². The van der Waals surface area contributed by atoms with Crippen LogP contribution in [0.25, 0.3) is 0 Å². The lowest BCUT2D eigenvalue weighted by molar-refractivity contribution is 0.0988. The second kappa shape index (κ2) is 7.83. The standard InChI is InChI=1S/C20H22N4OS/c1-13-8-18(21-11-14(13)2)19(25)10-16-6-5-7-17(9-16)15(3)26-20-23-22-12-24(20)4/h5-9,11-12,15H,10H2,1-4H3/t15-/m0/s1. The average molecular weight is 366 g/mol. The quantitative estimate of drug-likeness (QED) is 0.485. The molecule has 0 fully saturated rings. The maximum absolute atomic E-state index is 12.6. The topological polar surface area (TPSA) is 60.7 Å². The van der Waals surface area contributed by atoms with Gasteiger partial charge in [-0.3, -0.25) is 9.78 Å². The van der Waals surface area contributed by atoms with Crippen molar-refractivity contribution in [1.29, 1.82) is 0 Å². The van der Waals surface area contributed by atoms with E-state index in [2.05, 4.69) is 34.2 Å². The summed E-state index contributed by atoms with van der Waals surface area (Å²) in [6.07, 6.45) is 3.81. The molecule has 0 aliphatic rings. The summed E-state index contributed by atoms with van der Waals surface area (Å²) < 4.78 is 1.90. The summed E-state index contributed by atoms with van der Waals surface area (Å²) >= 11 is 1.65. The first-order valence-corrected chi connectivity index (χ1v) is 9.38. The van der Waals surface area contributed by atoms with Gasteiger partial charge in [0, 0.05) is 24.9 Å². The number of rotatable bonds is 6. The Morgan fingerprint density at radius 1 is 1.23 bits per heavy atom. The number of hydrogen-bond donors (Lipinski definition) is 0. The van der Waals surface area contributed by atoms with E-state index in [9.17, 15) is 4.79 Å². The highest BCUT2D eigenvalue weighted by molar-refractivity contribution is 7.99. The fraction of sp³-hybridized carbons (Fsp3) is 0.300. The molecule has 0 bridgehead atoms. The highest BCUT2D eigenvalue weighted by atomic mass is 32.2. The molecule has 2 aromatic heterocycles. The summed E-state index contributed by atoms with van der Waals surface area (Å²) in [6.45, 7) is 6.13. The summed E-state index contributed by atoms with van der Waals surface area (Å²) in [6, 6.07) is 10.0. The molecule has 0 aliphatic heterocycles. The van der Waals surface area contributed by atoms with Gasteiger partial charge in [-0.1, -0.05) is 36.0 Å². The zero-order valence-corrected chi connectivity index (χ0v) is 16.2. The van der Waals surface area contributed by atoms with Gasteiger partial charge in [-0.25, -0.2) is 0 Å². The van der Waals surface area contributed by atoms with Crippen LogP contribution in [0.15, 0.2) is 48.0 Å². The van der Waals surface area contributed by atoms with E-state index in [0.717, 1.165) is 27.4 Å². The van der Waals surface area contributed by atoms with Crippen LogP contribution in [0.4, 0.5) is 0 Å². The van der Waals surface area contributed by atoms with Crippen molar-refractivity contribution in [2.75, 3.05) is 0 Å². The van der Waals surface area contributed by atoms with E-state index in [4.69, 9.17) is 0 Å². The van der Waals surface area contributed by atoms with E-state index >= 15 is 0 Å². The molecule has 0 amide bonds. The van der Waals surface area contributed by atoms with Crippen molar-refractivity contribution in [2.24, 2.45) is 7.05 Å². The Bertz CT molecular complexity index is 935. The van der Waals surface area contributed by atoms with Crippen LogP contribution >= 0.6 is 11.8 Å². The number of aromatic nitrogens is 4. The smallest absolute Gasteiger partial charge is 0.191 e. The number of carbonyl (C=O) groups is 1. The van der Waals surface area contributed by atoms with Crippen LogP contribution in [0.5, 0.6) is 0 Å². The van der Waals surface area contributed by atoms with Gasteiger partial charge in [-0.15, -0.1) is 10.2 Å². The Kier molecular flexibility index (Phi) is 5.52. The van der Waals surface area contributed by atoms with Crippen molar-refractivity contribution in [1.82, 2.24) is 19.7 Å². The second-order valence-electron chi connectivity index (χ2n) is 6.48. The molecule has 134 valence electrons. The van der Waals surface area contributed by atoms with Gasteiger partial charge in [0.2, 0.25) is 0 Å². The number of benzene rings is 1. The fourth-order valence-corrected chi connectivity index (χ4v) is 3.52. The molecule has 3 aromatic rings. The minimum absolute atomic E-state index is 0.0406. The van der Waals surface area contributed by atoms with Gasteiger partial charge >= 0.3 is 0 Å². The van der Waals surface area contributed by atoms with E-state index in [0.29, 0.717) is 12.1 Å². The molecule has 1 aromatic carbocycles. The lowest BCUT2D eigenvalue weighted by Crippen LogP contribution is -2.07. The molecule has 0 N–H and O–H groups in total. The van der Waals surface area contributed by atoms with Crippen LogP contribution in [-0.2, 0) is 13.5 Å². The van der Waals surface area contributed by atoms with Crippen LogP contribution in [0.2, 0.25) is 0 Å². The molecule has 6 heteroatoms. The van der Waals surface area contributed by atoms with Crippen molar-refractivity contribution in [3.8, 4) is 0 Å². The molecule has 26 heavy (non-hydrogen) atoms. The van der Waals surface area contributed by atoms with Gasteiger partial charge in [0.05, 0.1) is 0 Å². The molecular weight excluding hydrogens is 344 g/mol. The number of thioether (sulfide) groups is 1. The molecule has 0 saturated carbocycles. The molecule has 3 rings (SSSR count). The zero-order chi connectivity index (χ0) is 18.7. The minimum atomic E-state index is 0.0406. The lowest BCUT2D eigenvalue weighted by Gasteiger charge is -2.12. The largest absolute Gasteiger partial charge is 0.312 e. The second-order valence-corrected chi connectivity index (χ2v) is 7.79. The van der Waals surface area contributed by atoms with Gasteiger partial charge in [0.1, 0.15) is 12.0 Å². The van der Waals surface area contributed by atoms with Crippen LogP contribution in [-0.4, -0.2) is 25.5 Å². The fourth-order valence-electron chi connectivity index (χ4n) is 2.61. The lowest BCUT2D eigenvalue weighted by atomic mass is 10.0. The van der Waals surface area contributed by atoms with Crippen molar-refractivity contribution >= 4 is 17.5 Å². The molecule has 0 aliphatic carbocycles. The van der Waals surface area contributed by atoms with E-state index in [1.54, 1.807) is 24.3 Å². The van der Waals surface area contributed by atoms with Crippen LogP contribution < -0.4 is 0 Å². The van der Waals surface area contributed by atoms with Crippen molar-refractivity contribution in [2.45, 2.75) is 37.6 Å². The van der Waals surface area contributed by atoms with Gasteiger partial charge in [-0.2, -0.15) is 0 Å². The van der Waals surface area contributed by atoms with Gasteiger partial charge in [0.25, 0.3) is 0 Å². The minimum Gasteiger partial charge on any atom is -0.312 e. The van der Waals surface area contributed by atoms with Gasteiger partial charge in [-0.05, 0) is 49.1 Å². The number of Topliss-reactive ketones (excluding diaryl/α,β-unsaturated/α-hetero) is 1. The number of aryl methyl sites for hydroxylation is 3. The third-order valence-corrected chi connectivity index (χ3v) is 5.60. The van der Waals surface area contributed by atoms with E-state index in [1.165, 1.54) is 0 Å². The van der Waals surface area contributed by atoms with Crippen molar-refractivity contribution in [3.63, 3.8) is 0 Å². The monoisotopic (exact) mass is 366 g/mol. The third kappa shape index (κ3) is 4.19. The first-order chi connectivity index (χ1) is 12.4. The Morgan fingerprint density at radius 2 is 2.04 bits per heavy atom. The summed E-state index contributed by atoms with van der Waals surface area (Å²) in [4.78, 5) is 16.9. The summed E-state index contributed by atoms with van der Waals surface area (Å²) in [5.74, 6) is 0.0406. The number of ketones is 1. The molecule has 5 nitrogen and oxygen atoms in total. The Labute approximate surface area is 157 Å². The van der Waals surface area contributed by atoms with Crippen molar-refractivity contribution < 1.29 is 4.79 Å². The maximum Gasteiger partial charge on any atom is 0.191 e. The van der Waals surface area contributed by atoms with Crippen LogP contribution in [0, 0.1) is 13.8 Å². The van der Waals surface area contributed by atoms with E-state index in [-0.39, 0.29) is 11.0 Å². The molecule has 0 saturated heterocycles. The third-order valence-electron chi connectivity index (χ3n) is 4.40.